The van der Waals surface area contributed by atoms with Crippen molar-refractivity contribution < 1.29 is 0 Å². The van der Waals surface area contributed by atoms with Crippen molar-refractivity contribution in [2.24, 2.45) is 0 Å². The minimum absolute atomic E-state index is 0.655. The Labute approximate surface area is 94.5 Å². The van der Waals surface area contributed by atoms with Crippen LogP contribution in [0.25, 0.3) is 0 Å². The van der Waals surface area contributed by atoms with Gasteiger partial charge in [-0.05, 0) is 19.8 Å². The molecule has 0 N–H and O–H groups in total. The Hall–Kier alpha value is -0.670. The largest absolute Gasteiger partial charge is 0.296 e. The van der Waals surface area contributed by atoms with Crippen molar-refractivity contribution in [3.05, 3.63) is 22.2 Å². The zero-order valence-corrected chi connectivity index (χ0v) is 9.59. The lowest BCUT2D eigenvalue weighted by molar-refractivity contribution is 0.241. The number of rotatable bonds is 1. The van der Waals surface area contributed by atoms with Crippen LogP contribution in [0.5, 0.6) is 0 Å². The van der Waals surface area contributed by atoms with Crippen molar-refractivity contribution >= 4 is 11.6 Å². The molecule has 4 heteroatoms. The van der Waals surface area contributed by atoms with Crippen LogP contribution < -0.4 is 0 Å². The molecule has 0 aromatic carbocycles. The molecule has 0 unspecified atom stereocenters. The maximum absolute atomic E-state index is 6.16. The molecule has 80 valence electrons. The molecule has 1 aromatic heterocycles. The molecule has 1 aliphatic carbocycles. The molecule has 0 saturated heterocycles. The van der Waals surface area contributed by atoms with E-state index in [0.29, 0.717) is 5.15 Å². The molecule has 1 saturated carbocycles. The molecule has 0 spiro atoms. The zero-order chi connectivity index (χ0) is 10.4. The van der Waals surface area contributed by atoms with Gasteiger partial charge in [0, 0.05) is 31.1 Å². The molecule has 1 fully saturated rings. The summed E-state index contributed by atoms with van der Waals surface area (Å²) in [7, 11) is 0. The summed E-state index contributed by atoms with van der Waals surface area (Å²) >= 11 is 6.16. The van der Waals surface area contributed by atoms with E-state index in [1.54, 1.807) is 0 Å². The van der Waals surface area contributed by atoms with Gasteiger partial charge in [0.15, 0.2) is 0 Å². The Morgan fingerprint density at radius 1 is 1.33 bits per heavy atom. The smallest absolute Gasteiger partial charge is 0.137 e. The van der Waals surface area contributed by atoms with Crippen molar-refractivity contribution in [1.82, 2.24) is 14.9 Å². The topological polar surface area (TPSA) is 29.0 Å². The van der Waals surface area contributed by atoms with Crippen molar-refractivity contribution in [2.75, 3.05) is 6.54 Å². The lowest BCUT2D eigenvalue weighted by atomic mass is 10.1. The lowest BCUT2D eigenvalue weighted by Gasteiger charge is -2.28. The van der Waals surface area contributed by atoms with Gasteiger partial charge in [-0.2, -0.15) is 0 Å². The predicted molar refractivity (Wildman–Crippen MR) is 58.9 cm³/mol. The highest BCUT2D eigenvalue weighted by atomic mass is 35.5. The lowest BCUT2D eigenvalue weighted by Crippen LogP contribution is -2.33. The van der Waals surface area contributed by atoms with Crippen LogP contribution in [0.1, 0.15) is 29.9 Å². The number of hydrogen-bond acceptors (Lipinski definition) is 3. The molecule has 0 atom stereocenters. The molecule has 2 heterocycles. The first-order valence-electron chi connectivity index (χ1n) is 5.50. The van der Waals surface area contributed by atoms with Crippen LogP contribution >= 0.6 is 11.6 Å². The predicted octanol–water partition coefficient (Wildman–Crippen LogP) is 1.96. The summed E-state index contributed by atoms with van der Waals surface area (Å²) in [5, 5.41) is 0.655. The summed E-state index contributed by atoms with van der Waals surface area (Å²) in [6.07, 6.45) is 3.72. The molecule has 1 aromatic rings. The van der Waals surface area contributed by atoms with Crippen LogP contribution in [0.2, 0.25) is 5.15 Å². The van der Waals surface area contributed by atoms with Crippen LogP contribution in [0.15, 0.2) is 0 Å². The summed E-state index contributed by atoms with van der Waals surface area (Å²) < 4.78 is 0. The zero-order valence-electron chi connectivity index (χ0n) is 8.83. The van der Waals surface area contributed by atoms with E-state index in [0.717, 1.165) is 42.6 Å². The molecule has 3 rings (SSSR count). The van der Waals surface area contributed by atoms with Crippen LogP contribution in [-0.4, -0.2) is 27.5 Å². The summed E-state index contributed by atoms with van der Waals surface area (Å²) in [6, 6.07) is 0.801. The van der Waals surface area contributed by atoms with Crippen LogP contribution in [-0.2, 0) is 13.0 Å². The van der Waals surface area contributed by atoms with E-state index in [1.807, 2.05) is 6.92 Å². The first kappa shape index (κ1) is 9.55. The van der Waals surface area contributed by atoms with E-state index in [-0.39, 0.29) is 0 Å². The van der Waals surface area contributed by atoms with Gasteiger partial charge in [0.1, 0.15) is 11.0 Å². The fourth-order valence-corrected chi connectivity index (χ4v) is 2.55. The summed E-state index contributed by atoms with van der Waals surface area (Å²) in [5.74, 6) is 0.790. The monoisotopic (exact) mass is 223 g/mol. The van der Waals surface area contributed by atoms with E-state index in [1.165, 1.54) is 12.8 Å². The van der Waals surface area contributed by atoms with Crippen LogP contribution in [0, 0.1) is 6.92 Å². The molecule has 0 bridgehead atoms. The van der Waals surface area contributed by atoms with Gasteiger partial charge >= 0.3 is 0 Å². The number of aromatic nitrogens is 2. The average molecular weight is 224 g/mol. The van der Waals surface area contributed by atoms with E-state index in [2.05, 4.69) is 14.9 Å². The highest BCUT2D eigenvalue weighted by molar-refractivity contribution is 6.30. The first-order valence-corrected chi connectivity index (χ1v) is 5.88. The maximum Gasteiger partial charge on any atom is 0.137 e. The molecular formula is C11H14ClN3. The quantitative estimate of drug-likeness (QED) is 0.682. The number of halogens is 1. The third-order valence-corrected chi connectivity index (χ3v) is 3.53. The van der Waals surface area contributed by atoms with E-state index < -0.39 is 0 Å². The fourth-order valence-electron chi connectivity index (χ4n) is 2.26. The first-order chi connectivity index (χ1) is 7.24. The van der Waals surface area contributed by atoms with Gasteiger partial charge in [-0.1, -0.05) is 11.6 Å². The Balaban J connectivity index is 1.93. The third kappa shape index (κ3) is 1.74. The van der Waals surface area contributed by atoms with Gasteiger partial charge in [0.25, 0.3) is 0 Å². The summed E-state index contributed by atoms with van der Waals surface area (Å²) in [6.45, 7) is 3.98. The Bertz CT molecular complexity index is 401. The van der Waals surface area contributed by atoms with Gasteiger partial charge in [0.05, 0.1) is 5.69 Å². The molecular weight excluding hydrogens is 210 g/mol. The highest BCUT2D eigenvalue weighted by Crippen LogP contribution is 2.32. The van der Waals surface area contributed by atoms with Gasteiger partial charge in [-0.25, -0.2) is 9.97 Å². The molecule has 3 nitrogen and oxygen atoms in total. The highest BCUT2D eigenvalue weighted by Gasteiger charge is 2.32. The van der Waals surface area contributed by atoms with E-state index in [9.17, 15) is 0 Å². The standard InChI is InChI=1S/C11H14ClN3/c1-7-13-10-4-5-15(8-2-3-8)6-9(10)11(12)14-7/h8H,2-6H2,1H3. The normalized spacial score (nSPS) is 21.5. The number of fused-ring (bicyclic) bond motifs is 1. The van der Waals surface area contributed by atoms with Gasteiger partial charge in [0.2, 0.25) is 0 Å². The molecule has 0 radical (unpaired) electrons. The van der Waals surface area contributed by atoms with Crippen molar-refractivity contribution in [3.63, 3.8) is 0 Å². The summed E-state index contributed by atoms with van der Waals surface area (Å²) in [4.78, 5) is 11.2. The van der Waals surface area contributed by atoms with Crippen molar-refractivity contribution in [2.45, 2.75) is 38.8 Å². The SMILES string of the molecule is Cc1nc(Cl)c2c(n1)CCN(C1CC1)C2. The summed E-state index contributed by atoms with van der Waals surface area (Å²) in [5.41, 5.74) is 2.31. The third-order valence-electron chi connectivity index (χ3n) is 3.21. The second kappa shape index (κ2) is 3.42. The minimum atomic E-state index is 0.655. The molecule has 15 heavy (non-hydrogen) atoms. The Morgan fingerprint density at radius 2 is 2.13 bits per heavy atom. The van der Waals surface area contributed by atoms with E-state index >= 15 is 0 Å². The van der Waals surface area contributed by atoms with Gasteiger partial charge in [-0.3, -0.25) is 4.90 Å². The van der Waals surface area contributed by atoms with E-state index in [4.69, 9.17) is 11.6 Å². The second-order valence-electron chi connectivity index (χ2n) is 4.44. The number of nitrogens with zero attached hydrogens (tertiary/aromatic N) is 3. The molecule has 0 amide bonds. The second-order valence-corrected chi connectivity index (χ2v) is 4.80. The van der Waals surface area contributed by atoms with Gasteiger partial charge < -0.3 is 0 Å². The van der Waals surface area contributed by atoms with Crippen LogP contribution in [0.3, 0.4) is 0 Å². The average Bonchev–Trinajstić information content (AvgIpc) is 3.00. The van der Waals surface area contributed by atoms with Crippen molar-refractivity contribution in [1.29, 1.82) is 0 Å². The Kier molecular flexibility index (Phi) is 2.18. The van der Waals surface area contributed by atoms with Gasteiger partial charge in [-0.15, -0.1) is 0 Å². The van der Waals surface area contributed by atoms with Crippen LogP contribution in [0.4, 0.5) is 0 Å². The maximum atomic E-state index is 6.16. The fraction of sp³-hybridized carbons (Fsp3) is 0.636. The molecule has 2 aliphatic rings. The minimum Gasteiger partial charge on any atom is -0.296 e. The Morgan fingerprint density at radius 3 is 2.87 bits per heavy atom. The number of hydrogen-bond donors (Lipinski definition) is 0. The molecule has 1 aliphatic heterocycles. The van der Waals surface area contributed by atoms with Crippen molar-refractivity contribution in [3.8, 4) is 0 Å². The number of aryl methyl sites for hydroxylation is 1.